The first-order valence-electron chi connectivity index (χ1n) is 10.7. The minimum absolute atomic E-state index is 0.0939. The number of halogens is 1. The van der Waals surface area contributed by atoms with E-state index in [0.29, 0.717) is 5.56 Å². The molecule has 1 aliphatic heterocycles. The van der Waals surface area contributed by atoms with E-state index in [1.165, 1.54) is 22.6 Å². The van der Waals surface area contributed by atoms with Crippen molar-refractivity contribution in [3.8, 4) is 0 Å². The van der Waals surface area contributed by atoms with Gasteiger partial charge in [0.1, 0.15) is 5.82 Å². The molecular weight excluding hydrogens is 409 g/mol. The van der Waals surface area contributed by atoms with E-state index in [0.717, 1.165) is 32.7 Å². The fraction of sp³-hybridized carbons (Fsp3) is 0.320. The lowest BCUT2D eigenvalue weighted by molar-refractivity contribution is 0.0714. The lowest BCUT2D eigenvalue weighted by atomic mass is 10.0. The standard InChI is InChI=1S/C25H28FN3OS/c1-19(27-25(30)21-9-5-10-22(26)17-21)24(23-11-6-16-31-23)29-14-12-28(13-15-29)18-20-7-3-2-4-8-20/h2-11,16-17,19,24H,12-15,18H2,1H3,(H,27,30)/t19-,24-/m0/s1. The van der Waals surface area contributed by atoms with E-state index >= 15 is 0 Å². The van der Waals surface area contributed by atoms with Gasteiger partial charge in [-0.15, -0.1) is 11.3 Å². The average Bonchev–Trinajstić information content (AvgIpc) is 3.30. The molecule has 6 heteroatoms. The molecule has 0 radical (unpaired) electrons. The van der Waals surface area contributed by atoms with E-state index in [-0.39, 0.29) is 18.0 Å². The van der Waals surface area contributed by atoms with Crippen molar-refractivity contribution >= 4 is 17.2 Å². The molecule has 2 atom stereocenters. The number of benzene rings is 2. The van der Waals surface area contributed by atoms with E-state index in [1.807, 2.05) is 13.0 Å². The zero-order valence-electron chi connectivity index (χ0n) is 17.7. The van der Waals surface area contributed by atoms with Crippen molar-refractivity contribution in [3.63, 3.8) is 0 Å². The zero-order valence-corrected chi connectivity index (χ0v) is 18.5. The Bertz CT molecular complexity index is 971. The van der Waals surface area contributed by atoms with E-state index < -0.39 is 5.82 Å². The third kappa shape index (κ3) is 5.58. The summed E-state index contributed by atoms with van der Waals surface area (Å²) in [6.07, 6.45) is 0. The van der Waals surface area contributed by atoms with Crippen molar-refractivity contribution in [1.82, 2.24) is 15.1 Å². The van der Waals surface area contributed by atoms with Gasteiger partial charge in [-0.25, -0.2) is 4.39 Å². The van der Waals surface area contributed by atoms with Crippen molar-refractivity contribution in [3.05, 3.63) is 93.9 Å². The van der Waals surface area contributed by atoms with Crippen molar-refractivity contribution in [1.29, 1.82) is 0 Å². The minimum Gasteiger partial charge on any atom is -0.348 e. The van der Waals surface area contributed by atoms with Gasteiger partial charge in [-0.2, -0.15) is 0 Å². The summed E-state index contributed by atoms with van der Waals surface area (Å²) in [6.45, 7) is 6.86. The molecule has 1 fully saturated rings. The second kappa shape index (κ2) is 10.2. The predicted octanol–water partition coefficient (Wildman–Crippen LogP) is 4.56. The first-order valence-corrected chi connectivity index (χ1v) is 11.6. The van der Waals surface area contributed by atoms with Crippen LogP contribution in [0.1, 0.15) is 33.8 Å². The predicted molar refractivity (Wildman–Crippen MR) is 124 cm³/mol. The van der Waals surface area contributed by atoms with Crippen LogP contribution in [0.3, 0.4) is 0 Å². The zero-order chi connectivity index (χ0) is 21.6. The lowest BCUT2D eigenvalue weighted by Gasteiger charge is -2.41. The number of thiophene rings is 1. The number of carbonyl (C=O) groups is 1. The number of amides is 1. The molecule has 31 heavy (non-hydrogen) atoms. The smallest absolute Gasteiger partial charge is 0.251 e. The van der Waals surface area contributed by atoms with Crippen molar-refractivity contribution < 1.29 is 9.18 Å². The maximum atomic E-state index is 13.5. The lowest BCUT2D eigenvalue weighted by Crippen LogP contribution is -2.52. The van der Waals surface area contributed by atoms with Gasteiger partial charge >= 0.3 is 0 Å². The highest BCUT2D eigenvalue weighted by molar-refractivity contribution is 7.10. The summed E-state index contributed by atoms with van der Waals surface area (Å²) in [6, 6.07) is 20.6. The van der Waals surface area contributed by atoms with Gasteiger partial charge in [0.05, 0.1) is 6.04 Å². The summed E-state index contributed by atoms with van der Waals surface area (Å²) in [5.41, 5.74) is 1.69. The number of rotatable bonds is 7. The topological polar surface area (TPSA) is 35.6 Å². The molecule has 0 bridgehead atoms. The fourth-order valence-electron chi connectivity index (χ4n) is 4.24. The molecule has 0 aliphatic carbocycles. The normalized spacial score (nSPS) is 17.2. The van der Waals surface area contributed by atoms with Gasteiger partial charge in [0, 0.05) is 49.2 Å². The monoisotopic (exact) mass is 437 g/mol. The van der Waals surface area contributed by atoms with E-state index in [4.69, 9.17) is 0 Å². The first kappa shape index (κ1) is 21.7. The Hall–Kier alpha value is -2.54. The van der Waals surface area contributed by atoms with Crippen LogP contribution >= 0.6 is 11.3 Å². The highest BCUT2D eigenvalue weighted by Crippen LogP contribution is 2.29. The molecule has 0 spiro atoms. The van der Waals surface area contributed by atoms with Gasteiger partial charge in [0.15, 0.2) is 0 Å². The van der Waals surface area contributed by atoms with Gasteiger partial charge in [-0.3, -0.25) is 14.6 Å². The van der Waals surface area contributed by atoms with E-state index in [2.05, 4.69) is 56.9 Å². The van der Waals surface area contributed by atoms with Crippen LogP contribution in [0.5, 0.6) is 0 Å². The molecule has 4 rings (SSSR count). The third-order valence-electron chi connectivity index (χ3n) is 5.80. The number of hydrogen-bond donors (Lipinski definition) is 1. The van der Waals surface area contributed by atoms with E-state index in [9.17, 15) is 9.18 Å². The molecule has 2 aromatic carbocycles. The molecule has 1 amide bonds. The van der Waals surface area contributed by atoms with Gasteiger partial charge < -0.3 is 5.32 Å². The Labute approximate surface area is 187 Å². The molecule has 4 nitrogen and oxygen atoms in total. The summed E-state index contributed by atoms with van der Waals surface area (Å²) in [5.74, 6) is -0.638. The highest BCUT2D eigenvalue weighted by Gasteiger charge is 2.31. The highest BCUT2D eigenvalue weighted by atomic mass is 32.1. The van der Waals surface area contributed by atoms with Crippen LogP contribution in [-0.4, -0.2) is 47.9 Å². The molecule has 0 saturated carbocycles. The summed E-state index contributed by atoms with van der Waals surface area (Å²) >= 11 is 1.72. The Morgan fingerprint density at radius 3 is 2.48 bits per heavy atom. The molecular formula is C25H28FN3OS. The number of nitrogens with zero attached hydrogens (tertiary/aromatic N) is 2. The van der Waals surface area contributed by atoms with Gasteiger partial charge in [0.25, 0.3) is 5.91 Å². The maximum absolute atomic E-state index is 13.5. The SMILES string of the molecule is C[C@H](NC(=O)c1cccc(F)c1)[C@@H](c1cccs1)N1CCN(Cc2ccccc2)CC1. The van der Waals surface area contributed by atoms with Crippen LogP contribution in [0.4, 0.5) is 4.39 Å². The summed E-state index contributed by atoms with van der Waals surface area (Å²) in [7, 11) is 0. The van der Waals surface area contributed by atoms with Crippen molar-refractivity contribution in [2.75, 3.05) is 26.2 Å². The summed E-state index contributed by atoms with van der Waals surface area (Å²) in [4.78, 5) is 18.9. The Morgan fingerprint density at radius 1 is 1.03 bits per heavy atom. The van der Waals surface area contributed by atoms with Crippen LogP contribution in [0.25, 0.3) is 0 Å². The van der Waals surface area contributed by atoms with E-state index in [1.54, 1.807) is 23.5 Å². The fourth-order valence-corrected chi connectivity index (χ4v) is 5.21. The van der Waals surface area contributed by atoms with Gasteiger partial charge in [-0.1, -0.05) is 42.5 Å². The molecule has 1 aliphatic rings. The average molecular weight is 438 g/mol. The number of hydrogen-bond acceptors (Lipinski definition) is 4. The van der Waals surface area contributed by atoms with Gasteiger partial charge in [-0.05, 0) is 42.1 Å². The molecule has 1 saturated heterocycles. The summed E-state index contributed by atoms with van der Waals surface area (Å²) in [5, 5.41) is 5.18. The molecule has 162 valence electrons. The third-order valence-corrected chi connectivity index (χ3v) is 6.75. The second-order valence-corrected chi connectivity index (χ2v) is 9.01. The van der Waals surface area contributed by atoms with Crippen LogP contribution in [-0.2, 0) is 6.54 Å². The Kier molecular flexibility index (Phi) is 7.12. The molecule has 3 aromatic rings. The molecule has 0 unspecified atom stereocenters. The second-order valence-electron chi connectivity index (χ2n) is 8.03. The van der Waals surface area contributed by atoms with Crippen LogP contribution < -0.4 is 5.32 Å². The number of piperazine rings is 1. The van der Waals surface area contributed by atoms with Crippen LogP contribution in [0.2, 0.25) is 0 Å². The Morgan fingerprint density at radius 2 is 1.81 bits per heavy atom. The quantitative estimate of drug-likeness (QED) is 0.588. The molecule has 1 N–H and O–H groups in total. The Balaban J connectivity index is 1.42. The minimum atomic E-state index is -0.398. The van der Waals surface area contributed by atoms with Crippen molar-refractivity contribution in [2.24, 2.45) is 0 Å². The number of carbonyl (C=O) groups excluding carboxylic acids is 1. The van der Waals surface area contributed by atoms with Gasteiger partial charge in [0.2, 0.25) is 0 Å². The first-order chi connectivity index (χ1) is 15.1. The maximum Gasteiger partial charge on any atom is 0.251 e. The number of nitrogens with one attached hydrogen (secondary N) is 1. The van der Waals surface area contributed by atoms with Crippen molar-refractivity contribution in [2.45, 2.75) is 25.6 Å². The molecule has 2 heterocycles. The van der Waals surface area contributed by atoms with Crippen LogP contribution in [0.15, 0.2) is 72.1 Å². The van der Waals surface area contributed by atoms with Crippen LogP contribution in [0, 0.1) is 5.82 Å². The largest absolute Gasteiger partial charge is 0.348 e. The summed E-state index contributed by atoms with van der Waals surface area (Å²) < 4.78 is 13.5. The molecule has 1 aromatic heterocycles.